The maximum absolute atomic E-state index is 14.0. The molecule has 0 spiro atoms. The van der Waals surface area contributed by atoms with Gasteiger partial charge in [0.2, 0.25) is 0 Å². The topological polar surface area (TPSA) is 38.8 Å². The smallest absolute Gasteiger partial charge is 0.367 e. The normalized spacial score (nSPS) is 17.6. The van der Waals surface area contributed by atoms with E-state index >= 15 is 0 Å². The summed E-state index contributed by atoms with van der Waals surface area (Å²) in [6.45, 7) is 1.99. The van der Waals surface area contributed by atoms with Crippen LogP contribution in [-0.2, 0) is 20.0 Å². The van der Waals surface area contributed by atoms with E-state index in [1.807, 2.05) is 6.92 Å². The van der Waals surface area contributed by atoms with Crippen molar-refractivity contribution in [1.29, 1.82) is 0 Å². The minimum absolute atomic E-state index is 0.153. The molecular weight excluding hydrogens is 318 g/mol. The Morgan fingerprint density at radius 1 is 1.30 bits per heavy atom. The van der Waals surface area contributed by atoms with Gasteiger partial charge in [-0.2, -0.15) is 13.2 Å². The van der Waals surface area contributed by atoms with E-state index < -0.39 is 23.6 Å². The van der Waals surface area contributed by atoms with Crippen molar-refractivity contribution in [2.45, 2.75) is 31.5 Å². The number of hydroxylamine groups is 2. The molecule has 128 valence electrons. The Bertz CT molecular complexity index is 556. The highest BCUT2D eigenvalue weighted by Crippen LogP contribution is 2.38. The van der Waals surface area contributed by atoms with Crippen LogP contribution in [0.25, 0.3) is 0 Å². The summed E-state index contributed by atoms with van der Waals surface area (Å²) in [5.74, 6) is -2.81. The number of ether oxygens (including phenoxy) is 1. The predicted molar refractivity (Wildman–Crippen MR) is 72.7 cm³/mol. The highest BCUT2D eigenvalue weighted by molar-refractivity contribution is 5.75. The number of halogens is 4. The summed E-state index contributed by atoms with van der Waals surface area (Å²) < 4.78 is 56.3. The first kappa shape index (κ1) is 17.7. The van der Waals surface area contributed by atoms with Crippen molar-refractivity contribution in [3.63, 3.8) is 0 Å². The van der Waals surface area contributed by atoms with E-state index in [0.717, 1.165) is 17.9 Å². The van der Waals surface area contributed by atoms with Gasteiger partial charge in [0.1, 0.15) is 11.4 Å². The summed E-state index contributed by atoms with van der Waals surface area (Å²) in [5, 5.41) is 0.828. The van der Waals surface area contributed by atoms with Gasteiger partial charge >= 0.3 is 12.1 Å². The summed E-state index contributed by atoms with van der Waals surface area (Å²) >= 11 is 0. The van der Waals surface area contributed by atoms with Gasteiger partial charge in [0.25, 0.3) is 0 Å². The third-order valence-corrected chi connectivity index (χ3v) is 3.55. The van der Waals surface area contributed by atoms with Gasteiger partial charge in [-0.1, -0.05) is 31.5 Å². The molecule has 4 nitrogen and oxygen atoms in total. The molecule has 1 saturated heterocycles. The average Bonchev–Trinajstić information content (AvgIpc) is 2.44. The highest BCUT2D eigenvalue weighted by Gasteiger charge is 2.52. The monoisotopic (exact) mass is 335 g/mol. The van der Waals surface area contributed by atoms with Crippen LogP contribution in [0.4, 0.5) is 17.6 Å². The van der Waals surface area contributed by atoms with E-state index in [-0.39, 0.29) is 18.7 Å². The van der Waals surface area contributed by atoms with Gasteiger partial charge in [0.15, 0.2) is 0 Å². The van der Waals surface area contributed by atoms with Gasteiger partial charge in [-0.05, 0) is 12.5 Å². The minimum Gasteiger partial charge on any atom is -0.367 e. The quantitative estimate of drug-likeness (QED) is 0.591. The van der Waals surface area contributed by atoms with E-state index in [2.05, 4.69) is 4.84 Å². The Kier molecular flexibility index (Phi) is 5.26. The summed E-state index contributed by atoms with van der Waals surface area (Å²) in [5.41, 5.74) is -0.859. The molecule has 0 amide bonds. The molecule has 0 aromatic heterocycles. The summed E-state index contributed by atoms with van der Waals surface area (Å²) in [4.78, 5) is 15.1. The zero-order valence-electron chi connectivity index (χ0n) is 12.5. The number of unbranched alkanes of at least 4 members (excludes halogenated alkanes) is 1. The summed E-state index contributed by atoms with van der Waals surface area (Å²) in [6.07, 6.45) is -3.47. The lowest BCUT2D eigenvalue weighted by Crippen LogP contribution is -2.62. The zero-order valence-corrected chi connectivity index (χ0v) is 12.5. The molecular formula is C15H17F4NO3. The first-order valence-corrected chi connectivity index (χ1v) is 7.21. The average molecular weight is 335 g/mol. The first-order valence-electron chi connectivity index (χ1n) is 7.21. The number of hydrogen-bond acceptors (Lipinski definition) is 4. The van der Waals surface area contributed by atoms with Gasteiger partial charge in [-0.3, -0.25) is 0 Å². The third-order valence-electron chi connectivity index (χ3n) is 3.55. The second-order valence-electron chi connectivity index (χ2n) is 5.35. The van der Waals surface area contributed by atoms with Crippen LogP contribution in [0.1, 0.15) is 25.3 Å². The zero-order chi connectivity index (χ0) is 17.1. The Hall–Kier alpha value is -1.67. The predicted octanol–water partition coefficient (Wildman–Crippen LogP) is 3.17. The molecule has 8 heteroatoms. The number of alkyl halides is 3. The molecule has 1 fully saturated rings. The van der Waals surface area contributed by atoms with E-state index in [1.165, 1.54) is 18.2 Å². The molecule has 1 aliphatic heterocycles. The first-order chi connectivity index (χ1) is 10.8. The van der Waals surface area contributed by atoms with Gasteiger partial charge in [-0.15, -0.1) is 5.06 Å². The molecule has 0 aliphatic carbocycles. The fourth-order valence-corrected chi connectivity index (χ4v) is 2.34. The molecule has 1 aromatic rings. The number of benzene rings is 1. The van der Waals surface area contributed by atoms with Crippen molar-refractivity contribution >= 4 is 5.97 Å². The van der Waals surface area contributed by atoms with Crippen LogP contribution in [0.15, 0.2) is 24.3 Å². The Morgan fingerprint density at radius 3 is 2.52 bits per heavy atom. The summed E-state index contributed by atoms with van der Waals surface area (Å²) in [6, 6.07) is 5.90. The van der Waals surface area contributed by atoms with Crippen LogP contribution in [0.5, 0.6) is 0 Å². The van der Waals surface area contributed by atoms with E-state index in [0.29, 0.717) is 6.61 Å². The lowest BCUT2D eigenvalue weighted by atomic mass is 9.87. The van der Waals surface area contributed by atoms with Crippen LogP contribution in [-0.4, -0.2) is 36.9 Å². The maximum Gasteiger partial charge on any atom is 0.492 e. The van der Waals surface area contributed by atoms with Crippen LogP contribution in [0.2, 0.25) is 0 Å². The van der Waals surface area contributed by atoms with Crippen molar-refractivity contribution in [3.05, 3.63) is 35.6 Å². The molecule has 0 atom stereocenters. The van der Waals surface area contributed by atoms with Crippen LogP contribution in [0.3, 0.4) is 0 Å². The highest BCUT2D eigenvalue weighted by atomic mass is 19.4. The van der Waals surface area contributed by atoms with Crippen molar-refractivity contribution in [2.75, 3.05) is 19.7 Å². The molecule has 0 N–H and O–H groups in total. The summed E-state index contributed by atoms with van der Waals surface area (Å²) in [7, 11) is 0. The van der Waals surface area contributed by atoms with Crippen LogP contribution in [0, 0.1) is 5.82 Å². The molecule has 2 rings (SSSR count). The van der Waals surface area contributed by atoms with Crippen LogP contribution >= 0.6 is 0 Å². The molecule has 23 heavy (non-hydrogen) atoms. The Labute approximate surface area is 130 Å². The maximum atomic E-state index is 14.0. The number of hydrogen-bond donors (Lipinski definition) is 0. The fraction of sp³-hybridized carbons (Fsp3) is 0.533. The van der Waals surface area contributed by atoms with Gasteiger partial charge in [-0.25, -0.2) is 9.18 Å². The van der Waals surface area contributed by atoms with Crippen LogP contribution < -0.4 is 0 Å². The van der Waals surface area contributed by atoms with Gasteiger partial charge < -0.3 is 9.57 Å². The van der Waals surface area contributed by atoms with Crippen molar-refractivity contribution in [3.8, 4) is 0 Å². The Morgan fingerprint density at radius 2 is 1.96 bits per heavy atom. The number of rotatable bonds is 6. The van der Waals surface area contributed by atoms with Crippen molar-refractivity contribution in [2.24, 2.45) is 0 Å². The molecule has 1 aliphatic rings. The lowest BCUT2D eigenvalue weighted by molar-refractivity contribution is -0.297. The second kappa shape index (κ2) is 6.84. The standard InChI is InChI=1S/C15H17F4NO3/c1-2-3-8-22-14(11-6-4-5-7-12(11)16)9-20(10-14)23-13(21)15(17,18)19/h4-7H,2-3,8-10H2,1H3. The molecule has 0 unspecified atom stereocenters. The van der Waals surface area contributed by atoms with E-state index in [4.69, 9.17) is 4.74 Å². The van der Waals surface area contributed by atoms with Crippen molar-refractivity contribution < 1.29 is 31.9 Å². The third kappa shape index (κ3) is 4.00. The molecule has 0 radical (unpaired) electrons. The van der Waals surface area contributed by atoms with Gasteiger partial charge in [0, 0.05) is 12.2 Å². The molecule has 1 heterocycles. The molecule has 1 aromatic carbocycles. The number of carbonyl (C=O) groups excluding carboxylic acids is 1. The molecule has 0 saturated carbocycles. The van der Waals surface area contributed by atoms with Gasteiger partial charge in [0.05, 0.1) is 13.1 Å². The fourth-order valence-electron chi connectivity index (χ4n) is 2.34. The minimum atomic E-state index is -5.07. The number of carbonyl (C=O) groups is 1. The Balaban J connectivity index is 2.08. The second-order valence-corrected chi connectivity index (χ2v) is 5.35. The molecule has 0 bridgehead atoms. The SMILES string of the molecule is CCCCOC1(c2ccccc2F)CN(OC(=O)C(F)(F)F)C1. The number of nitrogens with zero attached hydrogens (tertiary/aromatic N) is 1. The van der Waals surface area contributed by atoms with E-state index in [9.17, 15) is 22.4 Å². The lowest BCUT2D eigenvalue weighted by Gasteiger charge is -2.48. The largest absolute Gasteiger partial charge is 0.492 e. The van der Waals surface area contributed by atoms with Crippen molar-refractivity contribution in [1.82, 2.24) is 5.06 Å². The van der Waals surface area contributed by atoms with E-state index in [1.54, 1.807) is 6.07 Å².